The van der Waals surface area contributed by atoms with Crippen molar-refractivity contribution in [2.75, 3.05) is 18.1 Å². The molecule has 0 saturated carbocycles. The largest absolute Gasteiger partial charge is 0.501 e. The second-order valence-corrected chi connectivity index (χ2v) is 6.40. The average molecular weight is 311 g/mol. The molecule has 0 atom stereocenters. The summed E-state index contributed by atoms with van der Waals surface area (Å²) in [4.78, 5) is 0.964. The molecule has 20 heavy (non-hydrogen) atoms. The molecule has 0 aliphatic heterocycles. The van der Waals surface area contributed by atoms with E-state index in [0.717, 1.165) is 12.1 Å². The summed E-state index contributed by atoms with van der Waals surface area (Å²) in [6.07, 6.45) is 0. The number of sulfone groups is 1. The highest BCUT2D eigenvalue weighted by Gasteiger charge is 2.46. The van der Waals surface area contributed by atoms with Gasteiger partial charge in [-0.25, -0.2) is 8.42 Å². The number of anilines is 1. The maximum atomic E-state index is 12.4. The molecule has 1 aromatic carbocycles. The van der Waals surface area contributed by atoms with E-state index in [1.54, 1.807) is 4.90 Å². The Morgan fingerprint density at radius 1 is 1.20 bits per heavy atom. The summed E-state index contributed by atoms with van der Waals surface area (Å²) in [5.41, 5.74) is -4.76. The fraction of sp³-hybridized carbons (Fsp3) is 0.500. The van der Waals surface area contributed by atoms with E-state index in [4.69, 9.17) is 5.11 Å². The SMILES string of the molecule is CC(C)N(CCO)c1ccc(S(=O)(=O)C(F)(F)F)cc1. The molecule has 0 bridgehead atoms. The Morgan fingerprint density at radius 3 is 2.05 bits per heavy atom. The summed E-state index contributed by atoms with van der Waals surface area (Å²) in [5.74, 6) is 0. The molecule has 0 radical (unpaired) electrons. The molecule has 0 spiro atoms. The highest BCUT2D eigenvalue weighted by atomic mass is 32.2. The van der Waals surface area contributed by atoms with E-state index >= 15 is 0 Å². The Hall–Kier alpha value is -1.28. The molecule has 0 unspecified atom stereocenters. The van der Waals surface area contributed by atoms with Crippen molar-refractivity contribution in [1.82, 2.24) is 0 Å². The van der Waals surface area contributed by atoms with Crippen molar-refractivity contribution in [3.63, 3.8) is 0 Å². The Bertz CT molecular complexity index is 538. The Kier molecular flexibility index (Phi) is 5.04. The van der Waals surface area contributed by atoms with Gasteiger partial charge in [-0.3, -0.25) is 0 Å². The molecule has 0 aliphatic rings. The lowest BCUT2D eigenvalue weighted by Gasteiger charge is -2.28. The van der Waals surface area contributed by atoms with Crippen LogP contribution < -0.4 is 4.90 Å². The van der Waals surface area contributed by atoms with E-state index in [1.807, 2.05) is 13.8 Å². The minimum Gasteiger partial charge on any atom is -0.395 e. The third-order valence-electron chi connectivity index (χ3n) is 2.75. The van der Waals surface area contributed by atoms with Crippen molar-refractivity contribution in [3.05, 3.63) is 24.3 Å². The van der Waals surface area contributed by atoms with Crippen molar-refractivity contribution in [2.24, 2.45) is 0 Å². The monoisotopic (exact) mass is 311 g/mol. The maximum Gasteiger partial charge on any atom is 0.501 e. The third-order valence-corrected chi connectivity index (χ3v) is 4.25. The van der Waals surface area contributed by atoms with Gasteiger partial charge in [-0.1, -0.05) is 0 Å². The van der Waals surface area contributed by atoms with Gasteiger partial charge in [0, 0.05) is 18.3 Å². The van der Waals surface area contributed by atoms with Gasteiger partial charge < -0.3 is 10.0 Å². The molecule has 1 aromatic rings. The average Bonchev–Trinajstić information content (AvgIpc) is 2.34. The van der Waals surface area contributed by atoms with E-state index in [9.17, 15) is 21.6 Å². The predicted molar refractivity (Wildman–Crippen MR) is 69.3 cm³/mol. The first-order chi connectivity index (χ1) is 9.11. The topological polar surface area (TPSA) is 57.6 Å². The summed E-state index contributed by atoms with van der Waals surface area (Å²) in [6, 6.07) is 4.46. The van der Waals surface area contributed by atoms with Crippen LogP contribution in [0.5, 0.6) is 0 Å². The van der Waals surface area contributed by atoms with E-state index in [0.29, 0.717) is 12.2 Å². The van der Waals surface area contributed by atoms with Crippen molar-refractivity contribution in [3.8, 4) is 0 Å². The van der Waals surface area contributed by atoms with Gasteiger partial charge in [-0.05, 0) is 38.1 Å². The number of hydrogen-bond donors (Lipinski definition) is 1. The van der Waals surface area contributed by atoms with E-state index in [-0.39, 0.29) is 12.6 Å². The predicted octanol–water partition coefficient (Wildman–Crippen LogP) is 2.19. The molecule has 0 aliphatic carbocycles. The van der Waals surface area contributed by atoms with Crippen LogP contribution >= 0.6 is 0 Å². The Balaban J connectivity index is 3.11. The smallest absolute Gasteiger partial charge is 0.395 e. The number of benzene rings is 1. The van der Waals surface area contributed by atoms with Crippen molar-refractivity contribution >= 4 is 15.5 Å². The molecule has 0 aromatic heterocycles. The van der Waals surface area contributed by atoms with Crippen LogP contribution in [-0.4, -0.2) is 38.2 Å². The number of halogens is 3. The number of alkyl halides is 3. The lowest BCUT2D eigenvalue weighted by atomic mass is 10.2. The molecule has 1 N–H and O–H groups in total. The Labute approximate surface area is 115 Å². The van der Waals surface area contributed by atoms with E-state index in [2.05, 4.69) is 0 Å². The minimum atomic E-state index is -5.32. The first-order valence-electron chi connectivity index (χ1n) is 5.90. The quantitative estimate of drug-likeness (QED) is 0.905. The van der Waals surface area contributed by atoms with Crippen LogP contribution in [0.4, 0.5) is 18.9 Å². The molecule has 0 heterocycles. The van der Waals surface area contributed by atoms with Crippen molar-refractivity contribution in [1.29, 1.82) is 0 Å². The van der Waals surface area contributed by atoms with Crippen molar-refractivity contribution < 1.29 is 26.7 Å². The van der Waals surface area contributed by atoms with Crippen LogP contribution in [0.2, 0.25) is 0 Å². The van der Waals surface area contributed by atoms with Gasteiger partial charge in [0.15, 0.2) is 0 Å². The number of aliphatic hydroxyl groups excluding tert-OH is 1. The zero-order valence-electron chi connectivity index (χ0n) is 11.1. The van der Waals surface area contributed by atoms with Crippen LogP contribution in [0.3, 0.4) is 0 Å². The first kappa shape index (κ1) is 16.8. The van der Waals surface area contributed by atoms with Gasteiger partial charge in [-0.15, -0.1) is 0 Å². The summed E-state index contributed by atoms with van der Waals surface area (Å²) >= 11 is 0. The highest BCUT2D eigenvalue weighted by Crippen LogP contribution is 2.31. The van der Waals surface area contributed by atoms with Crippen LogP contribution in [-0.2, 0) is 9.84 Å². The fourth-order valence-electron chi connectivity index (χ4n) is 1.74. The van der Waals surface area contributed by atoms with Crippen LogP contribution in [0, 0.1) is 0 Å². The highest BCUT2D eigenvalue weighted by molar-refractivity contribution is 7.92. The fourth-order valence-corrected chi connectivity index (χ4v) is 2.51. The number of rotatable bonds is 5. The second kappa shape index (κ2) is 6.01. The number of nitrogens with zero attached hydrogens (tertiary/aromatic N) is 1. The molecule has 0 amide bonds. The van der Waals surface area contributed by atoms with E-state index < -0.39 is 20.2 Å². The van der Waals surface area contributed by atoms with Gasteiger partial charge >= 0.3 is 5.51 Å². The summed E-state index contributed by atoms with van der Waals surface area (Å²) < 4.78 is 59.6. The standard InChI is InChI=1S/C12H16F3NO3S/c1-9(2)16(7-8-17)10-3-5-11(6-4-10)20(18,19)12(13,14)15/h3-6,9,17H,7-8H2,1-2H3. The molecular formula is C12H16F3NO3S. The van der Waals surface area contributed by atoms with Crippen LogP contribution in [0.25, 0.3) is 0 Å². The molecular weight excluding hydrogens is 295 g/mol. The minimum absolute atomic E-state index is 0.0206. The van der Waals surface area contributed by atoms with Crippen molar-refractivity contribution in [2.45, 2.75) is 30.3 Å². The van der Waals surface area contributed by atoms with Gasteiger partial charge in [0.1, 0.15) is 0 Å². The maximum absolute atomic E-state index is 12.4. The Morgan fingerprint density at radius 2 is 1.70 bits per heavy atom. The molecule has 4 nitrogen and oxygen atoms in total. The third kappa shape index (κ3) is 3.43. The van der Waals surface area contributed by atoms with Gasteiger partial charge in [0.2, 0.25) is 0 Å². The van der Waals surface area contributed by atoms with Crippen LogP contribution in [0.1, 0.15) is 13.8 Å². The molecule has 8 heteroatoms. The van der Waals surface area contributed by atoms with Crippen LogP contribution in [0.15, 0.2) is 29.2 Å². The lowest BCUT2D eigenvalue weighted by molar-refractivity contribution is -0.0436. The lowest BCUT2D eigenvalue weighted by Crippen LogP contribution is -2.33. The van der Waals surface area contributed by atoms with Gasteiger partial charge in [0.25, 0.3) is 9.84 Å². The molecule has 0 saturated heterocycles. The second-order valence-electron chi connectivity index (χ2n) is 4.45. The summed E-state index contributed by atoms with van der Waals surface area (Å²) in [7, 11) is -5.32. The molecule has 114 valence electrons. The van der Waals surface area contributed by atoms with Gasteiger partial charge in [-0.2, -0.15) is 13.2 Å². The normalized spacial score (nSPS) is 12.8. The zero-order valence-corrected chi connectivity index (χ0v) is 11.9. The molecule has 1 rings (SSSR count). The summed E-state index contributed by atoms with van der Waals surface area (Å²) in [6.45, 7) is 3.91. The number of aliphatic hydroxyl groups is 1. The zero-order chi connectivity index (χ0) is 15.6. The number of hydrogen-bond acceptors (Lipinski definition) is 4. The van der Waals surface area contributed by atoms with Gasteiger partial charge in [0.05, 0.1) is 11.5 Å². The summed E-state index contributed by atoms with van der Waals surface area (Å²) in [5, 5.41) is 8.95. The first-order valence-corrected chi connectivity index (χ1v) is 7.38. The van der Waals surface area contributed by atoms with E-state index in [1.165, 1.54) is 12.1 Å². The molecule has 0 fully saturated rings.